The predicted octanol–water partition coefficient (Wildman–Crippen LogP) is 2.65. The van der Waals surface area contributed by atoms with Crippen molar-refractivity contribution in [2.24, 2.45) is 5.41 Å². The molecule has 1 saturated carbocycles. The zero-order valence-corrected chi connectivity index (χ0v) is 11.1. The van der Waals surface area contributed by atoms with E-state index >= 15 is 0 Å². The predicted molar refractivity (Wildman–Crippen MR) is 71.7 cm³/mol. The Morgan fingerprint density at radius 3 is 2.79 bits per heavy atom. The van der Waals surface area contributed by atoms with E-state index in [2.05, 4.69) is 5.32 Å². The number of furan rings is 1. The number of methoxy groups -OCH3 is 1. The monoisotopic (exact) mass is 259 g/mol. The molecule has 0 saturated heterocycles. The Hall–Kier alpha value is -1.81. The Morgan fingerprint density at radius 1 is 1.42 bits per heavy atom. The molecule has 1 N–H and O–H groups in total. The van der Waals surface area contributed by atoms with Crippen molar-refractivity contribution in [1.29, 1.82) is 0 Å². The van der Waals surface area contributed by atoms with Gasteiger partial charge in [0.1, 0.15) is 5.58 Å². The molecule has 1 fully saturated rings. The number of carbonyl (C=O) groups excluding carboxylic acids is 1. The minimum absolute atomic E-state index is 0.0661. The number of nitrogens with one attached hydrogen (secondary N) is 1. The molecule has 1 aromatic carbocycles. The lowest BCUT2D eigenvalue weighted by molar-refractivity contribution is -0.148. The number of carbonyl (C=O) groups is 1. The number of para-hydroxylation sites is 1. The highest BCUT2D eigenvalue weighted by molar-refractivity contribution is 5.85. The Morgan fingerprint density at radius 2 is 2.16 bits per heavy atom. The van der Waals surface area contributed by atoms with Gasteiger partial charge >= 0.3 is 5.97 Å². The van der Waals surface area contributed by atoms with Crippen molar-refractivity contribution in [2.45, 2.75) is 18.9 Å². The van der Waals surface area contributed by atoms with Crippen LogP contribution in [0.15, 0.2) is 34.9 Å². The Labute approximate surface area is 111 Å². The van der Waals surface area contributed by atoms with E-state index in [1.54, 1.807) is 6.26 Å². The third kappa shape index (κ3) is 1.75. The number of benzene rings is 1. The highest BCUT2D eigenvalue weighted by Gasteiger charge is 2.57. The molecule has 1 atom stereocenters. The van der Waals surface area contributed by atoms with Gasteiger partial charge in [0.15, 0.2) is 0 Å². The quantitative estimate of drug-likeness (QED) is 0.858. The highest BCUT2D eigenvalue weighted by Crippen LogP contribution is 2.56. The smallest absolute Gasteiger partial charge is 0.313 e. The average molecular weight is 259 g/mol. The summed E-state index contributed by atoms with van der Waals surface area (Å²) in [6.07, 6.45) is 3.45. The van der Waals surface area contributed by atoms with Crippen LogP contribution in [0.3, 0.4) is 0 Å². The summed E-state index contributed by atoms with van der Waals surface area (Å²) in [6, 6.07) is 7.81. The second kappa shape index (κ2) is 4.38. The summed E-state index contributed by atoms with van der Waals surface area (Å²) in [4.78, 5) is 12.0. The standard InChI is InChI=1S/C15H17NO3/c1-16-13(15(7-8-15)14(17)18-2)11-9-19-12-6-4-3-5-10(11)12/h3-6,9,13,16H,7-8H2,1-2H3. The minimum Gasteiger partial charge on any atom is -0.469 e. The zero-order valence-electron chi connectivity index (χ0n) is 11.1. The number of ether oxygens (including phenoxy) is 1. The van der Waals surface area contributed by atoms with E-state index in [4.69, 9.17) is 9.15 Å². The van der Waals surface area contributed by atoms with Crippen molar-refractivity contribution in [3.8, 4) is 0 Å². The first-order valence-electron chi connectivity index (χ1n) is 6.45. The largest absolute Gasteiger partial charge is 0.469 e. The molecule has 0 radical (unpaired) electrons. The Kier molecular flexibility index (Phi) is 2.82. The van der Waals surface area contributed by atoms with Gasteiger partial charge in [0.2, 0.25) is 0 Å². The van der Waals surface area contributed by atoms with Crippen molar-refractivity contribution in [3.63, 3.8) is 0 Å². The van der Waals surface area contributed by atoms with E-state index in [1.165, 1.54) is 7.11 Å². The van der Waals surface area contributed by atoms with Crippen molar-refractivity contribution < 1.29 is 13.9 Å². The maximum atomic E-state index is 12.0. The molecular formula is C15H17NO3. The normalized spacial score (nSPS) is 18.2. The second-order valence-corrected chi connectivity index (χ2v) is 5.06. The number of rotatable bonds is 4. The summed E-state index contributed by atoms with van der Waals surface area (Å²) >= 11 is 0. The van der Waals surface area contributed by atoms with Gasteiger partial charge in [0.25, 0.3) is 0 Å². The molecule has 0 bridgehead atoms. The molecule has 19 heavy (non-hydrogen) atoms. The van der Waals surface area contributed by atoms with Crippen molar-refractivity contribution in [1.82, 2.24) is 5.32 Å². The first-order chi connectivity index (χ1) is 9.23. The highest BCUT2D eigenvalue weighted by atomic mass is 16.5. The van der Waals surface area contributed by atoms with Crippen LogP contribution in [0, 0.1) is 5.41 Å². The van der Waals surface area contributed by atoms with Gasteiger partial charge in [-0.1, -0.05) is 18.2 Å². The maximum absolute atomic E-state index is 12.0. The lowest BCUT2D eigenvalue weighted by Gasteiger charge is -2.23. The van der Waals surface area contributed by atoms with Crippen LogP contribution in [0.2, 0.25) is 0 Å². The summed E-state index contributed by atoms with van der Waals surface area (Å²) in [7, 11) is 3.32. The lowest BCUT2D eigenvalue weighted by atomic mass is 9.90. The maximum Gasteiger partial charge on any atom is 0.313 e. The Balaban J connectivity index is 2.06. The van der Waals surface area contributed by atoms with Crippen LogP contribution in [0.5, 0.6) is 0 Å². The molecule has 0 amide bonds. The molecule has 1 heterocycles. The van der Waals surface area contributed by atoms with Gasteiger partial charge < -0.3 is 14.5 Å². The van der Waals surface area contributed by atoms with Crippen molar-refractivity contribution >= 4 is 16.9 Å². The molecule has 0 spiro atoms. The number of fused-ring (bicyclic) bond motifs is 1. The number of hydrogen-bond acceptors (Lipinski definition) is 4. The van der Waals surface area contributed by atoms with Crippen LogP contribution in [-0.2, 0) is 9.53 Å². The molecule has 1 aromatic heterocycles. The second-order valence-electron chi connectivity index (χ2n) is 5.06. The third-order valence-corrected chi connectivity index (χ3v) is 4.04. The lowest BCUT2D eigenvalue weighted by Crippen LogP contribution is -2.33. The van der Waals surface area contributed by atoms with Crippen LogP contribution in [0.25, 0.3) is 11.0 Å². The SMILES string of the molecule is CNC(c1coc2ccccc12)C1(C(=O)OC)CC1. The van der Waals surface area contributed by atoms with Gasteiger partial charge in [-0.2, -0.15) is 0 Å². The first kappa shape index (κ1) is 12.2. The molecule has 1 unspecified atom stereocenters. The summed E-state index contributed by atoms with van der Waals surface area (Å²) in [5, 5.41) is 4.31. The van der Waals surface area contributed by atoms with Crippen LogP contribution in [0.1, 0.15) is 24.4 Å². The molecule has 100 valence electrons. The molecule has 1 aliphatic carbocycles. The van der Waals surface area contributed by atoms with Gasteiger partial charge in [-0.3, -0.25) is 4.79 Å². The van der Waals surface area contributed by atoms with Gasteiger partial charge in [-0.15, -0.1) is 0 Å². The summed E-state index contributed by atoms with van der Waals surface area (Å²) < 4.78 is 10.5. The van der Waals surface area contributed by atoms with Crippen LogP contribution < -0.4 is 5.32 Å². The van der Waals surface area contributed by atoms with E-state index in [1.807, 2.05) is 31.3 Å². The van der Waals surface area contributed by atoms with Crippen molar-refractivity contribution in [2.75, 3.05) is 14.2 Å². The minimum atomic E-state index is -0.434. The molecule has 1 aliphatic rings. The van der Waals surface area contributed by atoms with Crippen LogP contribution >= 0.6 is 0 Å². The molecule has 2 aromatic rings. The van der Waals surface area contributed by atoms with E-state index in [0.29, 0.717) is 0 Å². The fourth-order valence-electron chi connectivity index (χ4n) is 2.90. The van der Waals surface area contributed by atoms with Gasteiger partial charge in [-0.05, 0) is 26.0 Å². The Bertz CT molecular complexity index is 613. The third-order valence-electron chi connectivity index (χ3n) is 4.04. The zero-order chi connectivity index (χ0) is 13.5. The van der Waals surface area contributed by atoms with E-state index in [9.17, 15) is 4.79 Å². The van der Waals surface area contributed by atoms with E-state index in [0.717, 1.165) is 29.4 Å². The van der Waals surface area contributed by atoms with Gasteiger partial charge in [-0.25, -0.2) is 0 Å². The number of esters is 1. The molecule has 3 rings (SSSR count). The molecular weight excluding hydrogens is 242 g/mol. The molecule has 0 aliphatic heterocycles. The summed E-state index contributed by atoms with van der Waals surface area (Å²) in [6.45, 7) is 0. The summed E-state index contributed by atoms with van der Waals surface area (Å²) in [5.41, 5.74) is 1.44. The molecule has 4 heteroatoms. The van der Waals surface area contributed by atoms with E-state index in [-0.39, 0.29) is 12.0 Å². The van der Waals surface area contributed by atoms with Gasteiger partial charge in [0, 0.05) is 10.9 Å². The van der Waals surface area contributed by atoms with Gasteiger partial charge in [0.05, 0.1) is 24.8 Å². The topological polar surface area (TPSA) is 51.5 Å². The first-order valence-corrected chi connectivity index (χ1v) is 6.45. The van der Waals surface area contributed by atoms with Crippen LogP contribution in [-0.4, -0.2) is 20.1 Å². The summed E-state index contributed by atoms with van der Waals surface area (Å²) in [5.74, 6) is -0.142. The fourth-order valence-corrected chi connectivity index (χ4v) is 2.90. The fraction of sp³-hybridized carbons (Fsp3) is 0.400. The average Bonchev–Trinajstić information content (AvgIpc) is 3.14. The van der Waals surface area contributed by atoms with Crippen LogP contribution in [0.4, 0.5) is 0 Å². The van der Waals surface area contributed by atoms with Crippen molar-refractivity contribution in [3.05, 3.63) is 36.1 Å². The number of hydrogen-bond donors (Lipinski definition) is 1. The van der Waals surface area contributed by atoms with E-state index < -0.39 is 5.41 Å². The molecule has 4 nitrogen and oxygen atoms in total.